The quantitative estimate of drug-likeness (QED) is 0.115. The summed E-state index contributed by atoms with van der Waals surface area (Å²) in [7, 11) is 0. The van der Waals surface area contributed by atoms with Crippen LogP contribution < -0.4 is 0 Å². The summed E-state index contributed by atoms with van der Waals surface area (Å²) in [5.41, 5.74) is 0. The molecule has 0 saturated carbocycles. The molecule has 4 aliphatic heterocycles. The van der Waals surface area contributed by atoms with E-state index in [0.717, 1.165) is 0 Å². The first-order valence-corrected chi connectivity index (χ1v) is 13.8. The van der Waals surface area contributed by atoms with Crippen LogP contribution in [0.3, 0.4) is 0 Å². The lowest BCUT2D eigenvalue weighted by atomic mass is 9.95. The van der Waals surface area contributed by atoms with Crippen LogP contribution in [0.5, 0.6) is 0 Å². The highest BCUT2D eigenvalue weighted by Gasteiger charge is 2.56. The lowest BCUT2D eigenvalue weighted by Gasteiger charge is -2.49. The van der Waals surface area contributed by atoms with Crippen molar-refractivity contribution in [1.29, 1.82) is 0 Å². The first kappa shape index (κ1) is 36.1. The van der Waals surface area contributed by atoms with Gasteiger partial charge in [0.2, 0.25) is 0 Å². The second kappa shape index (κ2) is 14.2. The Morgan fingerprint density at radius 3 is 1.27 bits per heavy atom. The summed E-state index contributed by atoms with van der Waals surface area (Å²) in [6, 6.07) is 0. The second-order valence-corrected chi connectivity index (χ2v) is 11.2. The summed E-state index contributed by atoms with van der Waals surface area (Å²) in [5, 5.41) is 122. The van der Waals surface area contributed by atoms with Crippen LogP contribution in [0.15, 0.2) is 0 Å². The van der Waals surface area contributed by atoms with Gasteiger partial charge in [-0.05, 0) is 13.8 Å². The molecule has 12 N–H and O–H groups in total. The van der Waals surface area contributed by atoms with Gasteiger partial charge in [-0.1, -0.05) is 0 Å². The van der Waals surface area contributed by atoms with E-state index < -0.39 is 135 Å². The number of aliphatic hydroxyl groups excluding tert-OH is 10. The van der Waals surface area contributed by atoms with Crippen LogP contribution in [0.4, 0.5) is 0 Å². The Hall–Kier alpha value is -1.74. The minimum atomic E-state index is -2.15. The molecular formula is C24H38O21. The summed E-state index contributed by atoms with van der Waals surface area (Å²) in [5.74, 6) is -3.54. The third-order valence-corrected chi connectivity index (χ3v) is 8.05. The minimum absolute atomic E-state index is 1.10. The SMILES string of the molecule is C[C@@H]1O[C@@H](O[C@@H]2[C@@H](O[C@@H]3O[C@H](C(=O)O)[C@H](O)[C@H](O)[C@H]3O)[C@@H](O[C@@H]3O[C@@H](C(=O)O)[C@@H](O)[C@@H](O)[C@@H]3O)[C@H](O)O[C@H]2C)[C@@H](O)[C@H](O)[C@@H]1O. The number of carboxylic acids is 2. The Balaban J connectivity index is 1.68. The normalized spacial score (nSPS) is 52.7. The molecule has 4 rings (SSSR count). The summed E-state index contributed by atoms with van der Waals surface area (Å²) in [4.78, 5) is 23.2. The third-order valence-electron chi connectivity index (χ3n) is 8.05. The topological polar surface area (TPSA) is 342 Å². The largest absolute Gasteiger partial charge is 0.479 e. The zero-order chi connectivity index (χ0) is 33.7. The van der Waals surface area contributed by atoms with Crippen LogP contribution >= 0.6 is 0 Å². The molecule has 21 heteroatoms. The van der Waals surface area contributed by atoms with Crippen molar-refractivity contribution in [2.45, 2.75) is 137 Å². The smallest absolute Gasteiger partial charge is 0.335 e. The summed E-state index contributed by atoms with van der Waals surface area (Å²) in [6.07, 6.45) is -38.3. The highest BCUT2D eigenvalue weighted by molar-refractivity contribution is 5.73. The Bertz CT molecular complexity index is 1030. The van der Waals surface area contributed by atoms with Crippen molar-refractivity contribution in [3.8, 4) is 0 Å². The molecule has 0 aromatic heterocycles. The highest BCUT2D eigenvalue weighted by Crippen LogP contribution is 2.35. The van der Waals surface area contributed by atoms with Crippen LogP contribution in [0.2, 0.25) is 0 Å². The lowest BCUT2D eigenvalue weighted by Crippen LogP contribution is -2.68. The molecule has 260 valence electrons. The summed E-state index contributed by atoms with van der Waals surface area (Å²) in [6.45, 7) is 2.64. The van der Waals surface area contributed by atoms with Crippen molar-refractivity contribution >= 4 is 11.9 Å². The van der Waals surface area contributed by atoms with E-state index in [1.54, 1.807) is 0 Å². The number of hydrogen-bond donors (Lipinski definition) is 12. The van der Waals surface area contributed by atoms with E-state index in [1.165, 1.54) is 13.8 Å². The fourth-order valence-electron chi connectivity index (χ4n) is 5.40. The molecule has 0 radical (unpaired) electrons. The van der Waals surface area contributed by atoms with E-state index in [-0.39, 0.29) is 0 Å². The van der Waals surface area contributed by atoms with E-state index >= 15 is 0 Å². The number of rotatable bonds is 8. The van der Waals surface area contributed by atoms with Gasteiger partial charge in [-0.3, -0.25) is 0 Å². The van der Waals surface area contributed by atoms with Gasteiger partial charge in [0.1, 0.15) is 73.2 Å². The molecule has 0 aliphatic carbocycles. The van der Waals surface area contributed by atoms with Crippen molar-refractivity contribution in [1.82, 2.24) is 0 Å². The first-order valence-electron chi connectivity index (χ1n) is 13.8. The maximum absolute atomic E-state index is 11.6. The molecule has 0 amide bonds. The number of aliphatic carboxylic acids is 2. The van der Waals surface area contributed by atoms with Crippen molar-refractivity contribution in [3.05, 3.63) is 0 Å². The van der Waals surface area contributed by atoms with E-state index in [0.29, 0.717) is 0 Å². The van der Waals surface area contributed by atoms with E-state index in [2.05, 4.69) is 0 Å². The molecule has 4 heterocycles. The Kier molecular flexibility index (Phi) is 11.4. The predicted molar refractivity (Wildman–Crippen MR) is 132 cm³/mol. The summed E-state index contributed by atoms with van der Waals surface area (Å²) >= 11 is 0. The fraction of sp³-hybridized carbons (Fsp3) is 0.917. The maximum atomic E-state index is 11.6. The van der Waals surface area contributed by atoms with Gasteiger partial charge in [0, 0.05) is 0 Å². The average Bonchev–Trinajstić information content (AvgIpc) is 2.97. The van der Waals surface area contributed by atoms with E-state index in [9.17, 15) is 70.9 Å². The molecule has 0 spiro atoms. The summed E-state index contributed by atoms with van der Waals surface area (Å²) < 4.78 is 38.3. The standard InChI is InChI=1S/C24H38O21/c1-3-5(25)6(26)11(31)22(40-3)41-14-4(2)39-21(38)18(45-24-13(33)8(28)10(30)16(43-24)20(36)37)17(14)44-23-12(32)7(27)9(29)15(42-23)19(34)35/h3-18,21-33,38H,1-2H3,(H,34,35)(H,36,37)/t3-,4-,5+,6+,7-,8+,9+,10-,11-,12+,13-,14-,15-,16+,17+,18+,21+,22-,23-,24-/m0/s1. The van der Waals surface area contributed by atoms with E-state index in [1.807, 2.05) is 0 Å². The monoisotopic (exact) mass is 662 g/mol. The van der Waals surface area contributed by atoms with Crippen molar-refractivity contribution in [2.24, 2.45) is 0 Å². The molecule has 4 aliphatic rings. The van der Waals surface area contributed by atoms with Gasteiger partial charge in [0.25, 0.3) is 0 Å². The Labute approximate surface area is 253 Å². The molecule has 0 unspecified atom stereocenters. The van der Waals surface area contributed by atoms with Crippen LogP contribution in [0.25, 0.3) is 0 Å². The molecule has 4 saturated heterocycles. The third kappa shape index (κ3) is 7.09. The Morgan fingerprint density at radius 2 is 0.822 bits per heavy atom. The number of carbonyl (C=O) groups is 2. The van der Waals surface area contributed by atoms with Crippen LogP contribution in [0.1, 0.15) is 13.8 Å². The van der Waals surface area contributed by atoms with Crippen LogP contribution in [-0.2, 0) is 42.7 Å². The average molecular weight is 663 g/mol. The number of carboxylic acid groups (broad SMARTS) is 2. The molecule has 21 nitrogen and oxygen atoms in total. The molecule has 45 heavy (non-hydrogen) atoms. The van der Waals surface area contributed by atoms with E-state index in [4.69, 9.17) is 33.2 Å². The predicted octanol–water partition coefficient (Wildman–Crippen LogP) is -7.51. The van der Waals surface area contributed by atoms with Gasteiger partial charge in [-0.15, -0.1) is 0 Å². The van der Waals surface area contributed by atoms with Gasteiger partial charge >= 0.3 is 11.9 Å². The zero-order valence-corrected chi connectivity index (χ0v) is 23.6. The molecule has 4 fully saturated rings. The molecule has 0 aromatic carbocycles. The molecule has 0 bridgehead atoms. The second-order valence-electron chi connectivity index (χ2n) is 11.2. The molecule has 0 aromatic rings. The van der Waals surface area contributed by atoms with Crippen LogP contribution in [-0.4, -0.2) is 196 Å². The van der Waals surface area contributed by atoms with Gasteiger partial charge in [0.05, 0.1) is 12.2 Å². The zero-order valence-electron chi connectivity index (χ0n) is 23.6. The maximum Gasteiger partial charge on any atom is 0.335 e. The highest BCUT2D eigenvalue weighted by atomic mass is 16.8. The first-order chi connectivity index (χ1) is 21.0. The minimum Gasteiger partial charge on any atom is -0.479 e. The van der Waals surface area contributed by atoms with Crippen molar-refractivity contribution in [2.75, 3.05) is 0 Å². The van der Waals surface area contributed by atoms with Gasteiger partial charge in [-0.2, -0.15) is 0 Å². The van der Waals surface area contributed by atoms with Gasteiger partial charge in [-0.25, -0.2) is 9.59 Å². The molecule has 20 atom stereocenters. The number of ether oxygens (including phenoxy) is 7. The van der Waals surface area contributed by atoms with Crippen molar-refractivity contribution < 1.29 is 104 Å². The fourth-order valence-corrected chi connectivity index (χ4v) is 5.40. The molecular weight excluding hydrogens is 624 g/mol. The lowest BCUT2D eigenvalue weighted by molar-refractivity contribution is -0.399. The van der Waals surface area contributed by atoms with Crippen molar-refractivity contribution in [3.63, 3.8) is 0 Å². The number of aliphatic hydroxyl groups is 10. The van der Waals surface area contributed by atoms with Gasteiger partial charge in [0.15, 0.2) is 37.4 Å². The van der Waals surface area contributed by atoms with Gasteiger partial charge < -0.3 is 94.4 Å². The Morgan fingerprint density at radius 1 is 0.444 bits per heavy atom. The number of hydrogen-bond acceptors (Lipinski definition) is 19. The van der Waals surface area contributed by atoms with Crippen LogP contribution in [0, 0.1) is 0 Å².